The van der Waals surface area contributed by atoms with Crippen LogP contribution in [0.5, 0.6) is 5.75 Å². The lowest BCUT2D eigenvalue weighted by Gasteiger charge is -2.16. The van der Waals surface area contributed by atoms with Crippen LogP contribution in [0.25, 0.3) is 33.4 Å². The Balaban J connectivity index is 0.000000213. The first-order valence-electron chi connectivity index (χ1n) is 20.3. The van der Waals surface area contributed by atoms with Crippen molar-refractivity contribution in [2.24, 2.45) is 0 Å². The minimum absolute atomic E-state index is 0.0458. The Labute approximate surface area is 369 Å². The lowest BCUT2D eigenvalue weighted by atomic mass is 9.95. The van der Waals surface area contributed by atoms with Gasteiger partial charge in [0, 0.05) is 52.3 Å². The van der Waals surface area contributed by atoms with Gasteiger partial charge in [-0.15, -0.1) is 0 Å². The fourth-order valence-electron chi connectivity index (χ4n) is 6.91. The maximum Gasteiger partial charge on any atom is 0.416 e. The predicted molar refractivity (Wildman–Crippen MR) is 243 cm³/mol. The molecule has 2 aromatic heterocycles. The molecule has 0 bridgehead atoms. The van der Waals surface area contributed by atoms with E-state index in [4.69, 9.17) is 4.74 Å². The molecule has 0 aliphatic carbocycles. The fraction of sp³-hybridized carbons (Fsp3) is 0.173. The van der Waals surface area contributed by atoms with E-state index in [9.17, 15) is 31.9 Å². The van der Waals surface area contributed by atoms with Crippen LogP contribution in [0.15, 0.2) is 146 Å². The lowest BCUT2D eigenvalue weighted by Crippen LogP contribution is -2.19. The topological polar surface area (TPSA) is 110 Å². The van der Waals surface area contributed by atoms with E-state index in [0.29, 0.717) is 23.1 Å². The molecule has 0 aliphatic rings. The van der Waals surface area contributed by atoms with Gasteiger partial charge in [0.1, 0.15) is 11.6 Å². The first-order valence-corrected chi connectivity index (χ1v) is 20.3. The highest BCUT2D eigenvalue weighted by atomic mass is 19.4. The predicted octanol–water partition coefficient (Wildman–Crippen LogP) is 12.6. The molecule has 2 unspecified atom stereocenters. The Kier molecular flexibility index (Phi) is 14.5. The van der Waals surface area contributed by atoms with E-state index in [-0.39, 0.29) is 23.2 Å². The number of ketones is 1. The summed E-state index contributed by atoms with van der Waals surface area (Å²) in [5, 5.41) is 5.67. The second-order valence-corrected chi connectivity index (χ2v) is 15.3. The molecule has 64 heavy (non-hydrogen) atoms. The van der Waals surface area contributed by atoms with Gasteiger partial charge in [-0.05, 0) is 140 Å². The quantitative estimate of drug-likeness (QED) is 0.0990. The zero-order valence-corrected chi connectivity index (χ0v) is 36.1. The van der Waals surface area contributed by atoms with Gasteiger partial charge in [-0.2, -0.15) is 13.2 Å². The number of aryl methyl sites for hydroxylation is 2. The summed E-state index contributed by atoms with van der Waals surface area (Å²) in [7, 11) is 1.49. The minimum atomic E-state index is -4.71. The zero-order chi connectivity index (χ0) is 46.1. The summed E-state index contributed by atoms with van der Waals surface area (Å²) in [5.74, 6) is -2.47. The van der Waals surface area contributed by atoms with Crippen LogP contribution in [0.1, 0.15) is 71.0 Å². The molecule has 2 N–H and O–H groups in total. The number of halogens is 4. The average molecular weight is 867 g/mol. The molecular formula is C52H46F4N4O4. The van der Waals surface area contributed by atoms with Crippen molar-refractivity contribution in [3.8, 4) is 39.1 Å². The molecule has 2 atom stereocenters. The minimum Gasteiger partial charge on any atom is -0.496 e. The van der Waals surface area contributed by atoms with Crippen LogP contribution in [0, 0.1) is 19.7 Å². The summed E-state index contributed by atoms with van der Waals surface area (Å²) in [4.78, 5) is 45.5. The summed E-state index contributed by atoms with van der Waals surface area (Å²) in [6.07, 6.45) is -1.23. The zero-order valence-electron chi connectivity index (χ0n) is 36.1. The molecule has 2 amide bonds. The number of hydrogen-bond acceptors (Lipinski definition) is 6. The van der Waals surface area contributed by atoms with Gasteiger partial charge < -0.3 is 15.4 Å². The van der Waals surface area contributed by atoms with E-state index >= 15 is 0 Å². The van der Waals surface area contributed by atoms with Crippen molar-refractivity contribution in [1.29, 1.82) is 0 Å². The van der Waals surface area contributed by atoms with Crippen LogP contribution >= 0.6 is 0 Å². The van der Waals surface area contributed by atoms with E-state index in [2.05, 4.69) is 20.6 Å². The van der Waals surface area contributed by atoms with Crippen molar-refractivity contribution in [2.75, 3.05) is 17.7 Å². The first kappa shape index (κ1) is 46.0. The maximum absolute atomic E-state index is 13.7. The van der Waals surface area contributed by atoms with Crippen LogP contribution in [-0.4, -0.2) is 34.7 Å². The fourth-order valence-corrected chi connectivity index (χ4v) is 6.91. The number of aromatic nitrogens is 2. The number of benzene rings is 5. The second-order valence-electron chi connectivity index (χ2n) is 15.3. The highest BCUT2D eigenvalue weighted by Gasteiger charge is 2.32. The number of carbonyl (C=O) groups is 3. The number of amides is 2. The largest absolute Gasteiger partial charge is 0.496 e. The van der Waals surface area contributed by atoms with Crippen LogP contribution in [-0.2, 0) is 15.8 Å². The average Bonchev–Trinajstić information content (AvgIpc) is 3.28. The van der Waals surface area contributed by atoms with E-state index in [1.54, 1.807) is 37.5 Å². The lowest BCUT2D eigenvalue weighted by molar-refractivity contribution is -0.138. The molecule has 5 aromatic carbocycles. The summed E-state index contributed by atoms with van der Waals surface area (Å²) < 4.78 is 58.0. The molecule has 2 heterocycles. The summed E-state index contributed by atoms with van der Waals surface area (Å²) in [6, 6.07) is 38.2. The molecule has 12 heteroatoms. The van der Waals surface area contributed by atoms with Gasteiger partial charge in [0.2, 0.25) is 11.8 Å². The number of nitrogens with one attached hydrogen (secondary N) is 2. The second kappa shape index (κ2) is 20.1. The SMILES string of the molecule is CC(=O)c1ccc(-c2cccc(C(C)C(=O)Nc3ccc(-c4ccnc(C)c4)cc3)c2)cc1.COc1cc(NC(=O)C(C)c2cc(F)cc(C(F)(F)F)c2)ccc1-c1ccnc(C)c1. The number of nitrogens with zero attached hydrogens (tertiary/aromatic N) is 2. The van der Waals surface area contributed by atoms with Gasteiger partial charge in [0.15, 0.2) is 5.78 Å². The Morgan fingerprint density at radius 2 is 1.14 bits per heavy atom. The number of methoxy groups -OCH3 is 1. The third-order valence-corrected chi connectivity index (χ3v) is 10.6. The molecule has 0 radical (unpaired) electrons. The summed E-state index contributed by atoms with van der Waals surface area (Å²) in [6.45, 7) is 8.71. The van der Waals surface area contributed by atoms with Crippen LogP contribution in [0.3, 0.4) is 0 Å². The van der Waals surface area contributed by atoms with Gasteiger partial charge in [0.25, 0.3) is 0 Å². The molecule has 0 fully saturated rings. The summed E-state index contributed by atoms with van der Waals surface area (Å²) >= 11 is 0. The number of Topliss-reactive ketones (excluding diaryl/α,β-unsaturated/α-hetero) is 1. The Hall–Kier alpha value is -7.47. The molecule has 7 rings (SSSR count). The van der Waals surface area contributed by atoms with Gasteiger partial charge in [-0.25, -0.2) is 4.39 Å². The molecule has 0 aliphatic heterocycles. The van der Waals surface area contributed by atoms with Crippen LogP contribution in [0.2, 0.25) is 0 Å². The van der Waals surface area contributed by atoms with Crippen molar-refractivity contribution in [3.05, 3.63) is 185 Å². The standard InChI is InChI=1S/C29H26N2O2.C23H20F4N2O2/c1-19-17-27(15-16-30-19)24-11-13-28(14-12-24)31-29(33)20(2)25-5-4-6-26(18-25)23-9-7-22(8-10-23)21(3)32;1-13-8-15(6-7-28-13)20-5-4-19(12-21(20)31-3)29-22(30)14(2)16-9-17(23(25,26)27)11-18(24)10-16/h4-18,20H,1-3H3,(H,31,33);4-12,14H,1-3H3,(H,29,30). The normalized spacial score (nSPS) is 12.0. The third-order valence-electron chi connectivity index (χ3n) is 10.6. The number of carbonyl (C=O) groups excluding carboxylic acids is 3. The van der Waals surface area contributed by atoms with Crippen molar-refractivity contribution < 1.29 is 36.7 Å². The van der Waals surface area contributed by atoms with Crippen LogP contribution in [0.4, 0.5) is 28.9 Å². The summed E-state index contributed by atoms with van der Waals surface area (Å²) in [5.41, 5.74) is 9.25. The highest BCUT2D eigenvalue weighted by molar-refractivity contribution is 5.97. The van der Waals surface area contributed by atoms with E-state index in [1.807, 2.05) is 118 Å². The Morgan fingerprint density at radius 3 is 1.73 bits per heavy atom. The van der Waals surface area contributed by atoms with Gasteiger partial charge >= 0.3 is 6.18 Å². The van der Waals surface area contributed by atoms with Gasteiger partial charge in [-0.1, -0.05) is 60.7 Å². The monoisotopic (exact) mass is 866 g/mol. The van der Waals surface area contributed by atoms with Crippen molar-refractivity contribution in [1.82, 2.24) is 9.97 Å². The third kappa shape index (κ3) is 11.7. The van der Waals surface area contributed by atoms with Gasteiger partial charge in [0.05, 0.1) is 24.5 Å². The molecule has 7 aromatic rings. The number of hydrogen-bond donors (Lipinski definition) is 2. The number of alkyl halides is 3. The smallest absolute Gasteiger partial charge is 0.416 e. The van der Waals surface area contributed by atoms with E-state index in [0.717, 1.165) is 68.2 Å². The molecule has 326 valence electrons. The van der Waals surface area contributed by atoms with Crippen molar-refractivity contribution in [2.45, 2.75) is 52.6 Å². The van der Waals surface area contributed by atoms with Gasteiger partial charge in [-0.3, -0.25) is 24.4 Å². The Bertz CT molecular complexity index is 2790. The van der Waals surface area contributed by atoms with E-state index < -0.39 is 29.4 Å². The maximum atomic E-state index is 13.7. The molecule has 0 spiro atoms. The van der Waals surface area contributed by atoms with E-state index in [1.165, 1.54) is 14.0 Å². The molecule has 0 saturated heterocycles. The first-order chi connectivity index (χ1) is 30.5. The molecule has 8 nitrogen and oxygen atoms in total. The number of pyridine rings is 2. The van der Waals surface area contributed by atoms with Crippen molar-refractivity contribution >= 4 is 29.0 Å². The number of anilines is 2. The molecule has 0 saturated carbocycles. The number of rotatable bonds is 11. The van der Waals surface area contributed by atoms with Crippen LogP contribution < -0.4 is 15.4 Å². The number of ether oxygens (including phenoxy) is 1. The van der Waals surface area contributed by atoms with Crippen molar-refractivity contribution in [3.63, 3.8) is 0 Å². The Morgan fingerprint density at radius 1 is 0.594 bits per heavy atom. The highest BCUT2D eigenvalue weighted by Crippen LogP contribution is 2.35. The molecular weight excluding hydrogens is 821 g/mol.